The van der Waals surface area contributed by atoms with Crippen LogP contribution in [0.25, 0.3) is 10.9 Å². The van der Waals surface area contributed by atoms with Gasteiger partial charge in [-0.1, -0.05) is 23.9 Å². The van der Waals surface area contributed by atoms with Crippen LogP contribution in [0, 0.1) is 0 Å². The lowest BCUT2D eigenvalue weighted by molar-refractivity contribution is 0.477. The van der Waals surface area contributed by atoms with E-state index in [1.807, 2.05) is 32.0 Å². The van der Waals surface area contributed by atoms with Crippen molar-refractivity contribution in [3.63, 3.8) is 0 Å². The Bertz CT molecular complexity index is 869. The van der Waals surface area contributed by atoms with Crippen molar-refractivity contribution < 1.29 is 0 Å². The van der Waals surface area contributed by atoms with E-state index in [9.17, 15) is 4.79 Å². The Kier molecular flexibility index (Phi) is 3.93. The van der Waals surface area contributed by atoms with Crippen LogP contribution in [0.1, 0.15) is 25.7 Å². The fraction of sp³-hybridized carbons (Fsp3) is 0.357. The third-order valence-electron chi connectivity index (χ3n) is 3.36. The van der Waals surface area contributed by atoms with Crippen LogP contribution in [0.3, 0.4) is 0 Å². The van der Waals surface area contributed by atoms with Crippen molar-refractivity contribution in [3.8, 4) is 0 Å². The molecule has 1 aromatic carbocycles. The predicted octanol–water partition coefficient (Wildman–Crippen LogP) is 1.79. The highest BCUT2D eigenvalue weighted by Crippen LogP contribution is 2.21. The molecule has 7 nitrogen and oxygen atoms in total. The van der Waals surface area contributed by atoms with Crippen LogP contribution in [-0.4, -0.2) is 29.8 Å². The van der Waals surface area contributed by atoms with Gasteiger partial charge >= 0.3 is 0 Å². The third kappa shape index (κ3) is 2.61. The zero-order valence-electron chi connectivity index (χ0n) is 12.6. The summed E-state index contributed by atoms with van der Waals surface area (Å²) in [6, 6.07) is 7.55. The SMILES string of the molecule is CC(C)n1nnnc1SCc1nc2ccccc2c(=O)n1C. The maximum Gasteiger partial charge on any atom is 0.261 e. The number of para-hydroxylation sites is 1. The van der Waals surface area contributed by atoms with Gasteiger partial charge in [0.2, 0.25) is 5.16 Å². The van der Waals surface area contributed by atoms with Gasteiger partial charge in [-0.25, -0.2) is 9.67 Å². The first-order valence-corrected chi connectivity index (χ1v) is 7.92. The Morgan fingerprint density at radius 2 is 2.05 bits per heavy atom. The zero-order valence-corrected chi connectivity index (χ0v) is 13.4. The summed E-state index contributed by atoms with van der Waals surface area (Å²) >= 11 is 1.47. The van der Waals surface area contributed by atoms with E-state index in [4.69, 9.17) is 0 Å². The van der Waals surface area contributed by atoms with E-state index in [0.717, 1.165) is 5.16 Å². The van der Waals surface area contributed by atoms with Gasteiger partial charge in [0.1, 0.15) is 5.82 Å². The molecule has 0 unspecified atom stereocenters. The van der Waals surface area contributed by atoms with Crippen LogP contribution in [-0.2, 0) is 12.8 Å². The summed E-state index contributed by atoms with van der Waals surface area (Å²) in [5.41, 5.74) is 0.675. The number of nitrogens with zero attached hydrogens (tertiary/aromatic N) is 6. The lowest BCUT2D eigenvalue weighted by Crippen LogP contribution is -2.22. The number of hydrogen-bond donors (Lipinski definition) is 0. The molecular formula is C14H16N6OS. The van der Waals surface area contributed by atoms with Crippen LogP contribution >= 0.6 is 11.8 Å². The van der Waals surface area contributed by atoms with Crippen LogP contribution in [0.5, 0.6) is 0 Å². The molecule has 0 radical (unpaired) electrons. The molecule has 0 saturated heterocycles. The first kappa shape index (κ1) is 14.7. The van der Waals surface area contributed by atoms with E-state index in [1.165, 1.54) is 11.8 Å². The smallest absolute Gasteiger partial charge is 0.261 e. The first-order chi connectivity index (χ1) is 10.6. The summed E-state index contributed by atoms with van der Waals surface area (Å²) in [7, 11) is 1.74. The number of rotatable bonds is 4. The number of fused-ring (bicyclic) bond motifs is 1. The minimum absolute atomic E-state index is 0.0374. The molecule has 0 spiro atoms. The van der Waals surface area contributed by atoms with E-state index in [2.05, 4.69) is 20.5 Å². The number of aromatic nitrogens is 6. The molecule has 0 aliphatic heterocycles. The largest absolute Gasteiger partial charge is 0.299 e. The minimum Gasteiger partial charge on any atom is -0.299 e. The monoisotopic (exact) mass is 316 g/mol. The zero-order chi connectivity index (χ0) is 15.7. The fourth-order valence-corrected chi connectivity index (χ4v) is 3.12. The average Bonchev–Trinajstić information content (AvgIpc) is 2.98. The topological polar surface area (TPSA) is 78.5 Å². The second-order valence-corrected chi connectivity index (χ2v) is 6.14. The fourth-order valence-electron chi connectivity index (χ4n) is 2.13. The second-order valence-electron chi connectivity index (χ2n) is 5.20. The van der Waals surface area contributed by atoms with Crippen molar-refractivity contribution in [1.82, 2.24) is 29.8 Å². The highest BCUT2D eigenvalue weighted by molar-refractivity contribution is 7.98. The normalized spacial score (nSPS) is 11.5. The first-order valence-electron chi connectivity index (χ1n) is 6.93. The summed E-state index contributed by atoms with van der Waals surface area (Å²) in [6.07, 6.45) is 0. The van der Waals surface area contributed by atoms with Gasteiger partial charge in [-0.2, -0.15) is 0 Å². The molecule has 0 aliphatic carbocycles. The van der Waals surface area contributed by atoms with Gasteiger partial charge in [-0.3, -0.25) is 9.36 Å². The molecule has 0 saturated carbocycles. The average molecular weight is 316 g/mol. The van der Waals surface area contributed by atoms with Crippen LogP contribution in [0.4, 0.5) is 0 Å². The van der Waals surface area contributed by atoms with E-state index >= 15 is 0 Å². The van der Waals surface area contributed by atoms with Gasteiger partial charge < -0.3 is 0 Å². The molecule has 2 heterocycles. The quantitative estimate of drug-likeness (QED) is 0.683. The molecule has 22 heavy (non-hydrogen) atoms. The molecule has 8 heteroatoms. The Balaban J connectivity index is 1.93. The van der Waals surface area contributed by atoms with Gasteiger partial charge in [0.15, 0.2) is 0 Å². The van der Waals surface area contributed by atoms with Crippen LogP contribution in [0.15, 0.2) is 34.2 Å². The van der Waals surface area contributed by atoms with Crippen molar-refractivity contribution in [2.24, 2.45) is 7.05 Å². The van der Waals surface area contributed by atoms with E-state index in [1.54, 1.807) is 22.4 Å². The van der Waals surface area contributed by atoms with Gasteiger partial charge in [0.25, 0.3) is 5.56 Å². The minimum atomic E-state index is -0.0374. The Morgan fingerprint density at radius 1 is 1.27 bits per heavy atom. The maximum absolute atomic E-state index is 12.4. The Morgan fingerprint density at radius 3 is 2.82 bits per heavy atom. The van der Waals surface area contributed by atoms with Crippen LogP contribution in [0.2, 0.25) is 0 Å². The van der Waals surface area contributed by atoms with Gasteiger partial charge in [0, 0.05) is 7.05 Å². The highest BCUT2D eigenvalue weighted by Gasteiger charge is 2.13. The molecule has 0 atom stereocenters. The van der Waals surface area contributed by atoms with Crippen molar-refractivity contribution in [3.05, 3.63) is 40.4 Å². The third-order valence-corrected chi connectivity index (χ3v) is 4.29. The van der Waals surface area contributed by atoms with Crippen molar-refractivity contribution in [2.45, 2.75) is 30.8 Å². The standard InChI is InChI=1S/C14H16N6OS/c1-9(2)20-14(16-17-18-20)22-8-12-15-11-7-5-4-6-10(11)13(21)19(12)3/h4-7,9H,8H2,1-3H3. The van der Waals surface area contributed by atoms with Gasteiger partial charge in [-0.05, 0) is 36.4 Å². The molecule has 0 N–H and O–H groups in total. The molecule has 0 amide bonds. The second kappa shape index (κ2) is 5.88. The molecule has 3 rings (SSSR count). The Labute approximate surface area is 131 Å². The highest BCUT2D eigenvalue weighted by atomic mass is 32.2. The molecule has 0 fully saturated rings. The van der Waals surface area contributed by atoms with Gasteiger partial charge in [-0.15, -0.1) is 5.10 Å². The molecule has 3 aromatic rings. The van der Waals surface area contributed by atoms with Crippen molar-refractivity contribution in [2.75, 3.05) is 0 Å². The predicted molar refractivity (Wildman–Crippen MR) is 84.7 cm³/mol. The summed E-state index contributed by atoms with van der Waals surface area (Å²) in [4.78, 5) is 16.9. The summed E-state index contributed by atoms with van der Waals surface area (Å²) in [5.74, 6) is 1.23. The Hall–Kier alpha value is -2.22. The van der Waals surface area contributed by atoms with E-state index in [0.29, 0.717) is 22.5 Å². The number of thioether (sulfide) groups is 1. The molecule has 2 aromatic heterocycles. The number of hydrogen-bond acceptors (Lipinski definition) is 6. The van der Waals surface area contributed by atoms with Gasteiger partial charge in [0.05, 0.1) is 22.7 Å². The molecule has 0 bridgehead atoms. The lowest BCUT2D eigenvalue weighted by Gasteiger charge is -2.10. The summed E-state index contributed by atoms with van der Waals surface area (Å²) in [6.45, 7) is 4.04. The number of tetrazole rings is 1. The van der Waals surface area contributed by atoms with E-state index < -0.39 is 0 Å². The lowest BCUT2D eigenvalue weighted by atomic mass is 10.2. The maximum atomic E-state index is 12.4. The summed E-state index contributed by atoms with van der Waals surface area (Å²) < 4.78 is 3.34. The molecule has 114 valence electrons. The molecular weight excluding hydrogens is 300 g/mol. The van der Waals surface area contributed by atoms with Crippen molar-refractivity contribution in [1.29, 1.82) is 0 Å². The van der Waals surface area contributed by atoms with E-state index in [-0.39, 0.29) is 11.6 Å². The van der Waals surface area contributed by atoms with Crippen molar-refractivity contribution >= 4 is 22.7 Å². The summed E-state index contributed by atoms with van der Waals surface area (Å²) in [5, 5.41) is 13.0. The number of benzene rings is 1. The molecule has 0 aliphatic rings. The van der Waals surface area contributed by atoms with Crippen LogP contribution < -0.4 is 5.56 Å².